The molecule has 3 aromatic heterocycles. The zero-order chi connectivity index (χ0) is 35.6. The van der Waals surface area contributed by atoms with Gasteiger partial charge < -0.3 is 8.83 Å². The van der Waals surface area contributed by atoms with Crippen molar-refractivity contribution in [2.24, 2.45) is 0 Å². The first-order valence-electron chi connectivity index (χ1n) is 18.0. The van der Waals surface area contributed by atoms with Gasteiger partial charge in [-0.1, -0.05) is 127 Å². The summed E-state index contributed by atoms with van der Waals surface area (Å²) < 4.78 is 13.0. The summed E-state index contributed by atoms with van der Waals surface area (Å²) in [6.07, 6.45) is 0. The fourth-order valence-corrected chi connectivity index (χ4v) is 7.75. The summed E-state index contributed by atoms with van der Waals surface area (Å²) in [6, 6.07) is 60.3. The molecule has 0 radical (unpaired) electrons. The van der Waals surface area contributed by atoms with Gasteiger partial charge in [0.1, 0.15) is 22.3 Å². The highest BCUT2D eigenvalue weighted by Crippen LogP contribution is 2.43. The maximum Gasteiger partial charge on any atom is 0.164 e. The second kappa shape index (κ2) is 12.1. The van der Waals surface area contributed by atoms with Crippen molar-refractivity contribution in [3.8, 4) is 56.4 Å². The molecule has 0 fully saturated rings. The molecule has 0 bridgehead atoms. The third kappa shape index (κ3) is 4.90. The van der Waals surface area contributed by atoms with E-state index in [-0.39, 0.29) is 0 Å². The van der Waals surface area contributed by atoms with E-state index in [1.54, 1.807) is 0 Å². The van der Waals surface area contributed by atoms with Gasteiger partial charge in [0, 0.05) is 43.8 Å². The SMILES string of the molecule is c1ccc(-c2nc(-c3cc4ccccc4cc3-c3ccc4c(c3)oc3ccccc34)nc(-c3ccc(-c4ccccc4)c4oc5ccccc5c34)n2)cc1. The molecule has 0 spiro atoms. The van der Waals surface area contributed by atoms with E-state index in [4.69, 9.17) is 23.8 Å². The van der Waals surface area contributed by atoms with Crippen LogP contribution >= 0.6 is 0 Å². The van der Waals surface area contributed by atoms with E-state index >= 15 is 0 Å². The number of hydrogen-bond donors (Lipinski definition) is 0. The van der Waals surface area contributed by atoms with E-state index in [2.05, 4.69) is 103 Å². The molecule has 11 aromatic rings. The van der Waals surface area contributed by atoms with Gasteiger partial charge in [-0.2, -0.15) is 0 Å². The fourth-order valence-electron chi connectivity index (χ4n) is 7.75. The molecule has 0 atom stereocenters. The molecule has 3 heterocycles. The molecule has 8 aromatic carbocycles. The monoisotopic (exact) mass is 691 g/mol. The number of hydrogen-bond acceptors (Lipinski definition) is 5. The highest BCUT2D eigenvalue weighted by molar-refractivity contribution is 6.16. The van der Waals surface area contributed by atoms with Gasteiger partial charge in [0.2, 0.25) is 0 Å². The second-order valence-electron chi connectivity index (χ2n) is 13.6. The molecular weight excluding hydrogens is 663 g/mol. The normalized spacial score (nSPS) is 11.7. The number of benzene rings is 8. The largest absolute Gasteiger partial charge is 0.456 e. The van der Waals surface area contributed by atoms with Crippen molar-refractivity contribution in [2.45, 2.75) is 0 Å². The lowest BCUT2D eigenvalue weighted by atomic mass is 9.94. The van der Waals surface area contributed by atoms with Crippen LogP contribution in [0.2, 0.25) is 0 Å². The van der Waals surface area contributed by atoms with Crippen molar-refractivity contribution in [3.63, 3.8) is 0 Å². The number of para-hydroxylation sites is 2. The summed E-state index contributed by atoms with van der Waals surface area (Å²) >= 11 is 0. The van der Waals surface area contributed by atoms with E-state index in [0.29, 0.717) is 17.5 Å². The molecule has 0 saturated heterocycles. The lowest BCUT2D eigenvalue weighted by Crippen LogP contribution is -2.01. The average Bonchev–Trinajstić information content (AvgIpc) is 3.82. The second-order valence-corrected chi connectivity index (χ2v) is 13.6. The predicted molar refractivity (Wildman–Crippen MR) is 219 cm³/mol. The summed E-state index contributed by atoms with van der Waals surface area (Å²) in [5.74, 6) is 1.75. The zero-order valence-corrected chi connectivity index (χ0v) is 28.9. The first kappa shape index (κ1) is 30.3. The predicted octanol–water partition coefficient (Wildman–Crippen LogP) is 13.2. The fraction of sp³-hybridized carbons (Fsp3) is 0. The van der Waals surface area contributed by atoms with Crippen LogP contribution in [0.3, 0.4) is 0 Å². The average molecular weight is 692 g/mol. The van der Waals surface area contributed by atoms with E-state index in [9.17, 15) is 0 Å². The number of furan rings is 2. The van der Waals surface area contributed by atoms with Crippen LogP contribution in [-0.4, -0.2) is 15.0 Å². The van der Waals surface area contributed by atoms with Crippen LogP contribution in [0.25, 0.3) is 111 Å². The summed E-state index contributed by atoms with van der Waals surface area (Å²) in [6.45, 7) is 0. The zero-order valence-electron chi connectivity index (χ0n) is 28.9. The molecule has 0 unspecified atom stereocenters. The van der Waals surface area contributed by atoms with Crippen molar-refractivity contribution in [3.05, 3.63) is 176 Å². The Morgan fingerprint density at radius 3 is 1.63 bits per heavy atom. The Morgan fingerprint density at radius 1 is 0.315 bits per heavy atom. The minimum Gasteiger partial charge on any atom is -0.456 e. The lowest BCUT2D eigenvalue weighted by molar-refractivity contribution is 0.669. The number of nitrogens with zero attached hydrogens (tertiary/aromatic N) is 3. The van der Waals surface area contributed by atoms with Gasteiger partial charge in [0.05, 0.1) is 0 Å². The lowest BCUT2D eigenvalue weighted by Gasteiger charge is -2.14. The summed E-state index contributed by atoms with van der Waals surface area (Å²) in [7, 11) is 0. The molecule has 0 aliphatic heterocycles. The Hall–Kier alpha value is -7.37. The standard InChI is InChI=1S/C49H29N3O2/c1-3-13-30(14-4-1)35-25-26-39(45-38-20-10-12-22-43(38)54-46(35)45)48-50-47(31-15-5-2-6-16-31)51-49(52-48)41-28-33-18-8-7-17-32(33)27-40(41)34-23-24-37-36-19-9-11-21-42(36)53-44(37)29-34/h1-29H. The van der Waals surface area contributed by atoms with Gasteiger partial charge in [-0.05, 0) is 76.0 Å². The van der Waals surface area contributed by atoms with Crippen molar-refractivity contribution in [1.29, 1.82) is 0 Å². The minimum absolute atomic E-state index is 0.571. The molecule has 252 valence electrons. The first-order chi connectivity index (χ1) is 26.7. The Kier molecular flexibility index (Phi) is 6.79. The van der Waals surface area contributed by atoms with Gasteiger partial charge in [-0.3, -0.25) is 0 Å². The van der Waals surface area contributed by atoms with Crippen molar-refractivity contribution in [1.82, 2.24) is 15.0 Å². The highest BCUT2D eigenvalue weighted by atomic mass is 16.3. The Balaban J connectivity index is 1.19. The number of rotatable bonds is 5. The van der Waals surface area contributed by atoms with E-state index in [1.807, 2.05) is 72.8 Å². The molecule has 0 amide bonds. The minimum atomic E-state index is 0.571. The van der Waals surface area contributed by atoms with E-state index < -0.39 is 0 Å². The van der Waals surface area contributed by atoms with Crippen LogP contribution in [0.15, 0.2) is 185 Å². The molecule has 0 aliphatic carbocycles. The maximum atomic E-state index is 6.63. The summed E-state index contributed by atoms with van der Waals surface area (Å²) in [5, 5.41) is 6.39. The Labute approximate surface area is 309 Å². The van der Waals surface area contributed by atoms with Gasteiger partial charge in [-0.25, -0.2) is 15.0 Å². The third-order valence-electron chi connectivity index (χ3n) is 10.3. The smallest absolute Gasteiger partial charge is 0.164 e. The molecular formula is C49H29N3O2. The van der Waals surface area contributed by atoms with Gasteiger partial charge >= 0.3 is 0 Å². The molecule has 0 saturated carbocycles. The summed E-state index contributed by atoms with van der Waals surface area (Å²) in [5.41, 5.74) is 10.1. The Bertz CT molecular complexity index is 3220. The topological polar surface area (TPSA) is 65.0 Å². The van der Waals surface area contributed by atoms with Gasteiger partial charge in [-0.15, -0.1) is 0 Å². The molecule has 54 heavy (non-hydrogen) atoms. The quantitative estimate of drug-likeness (QED) is 0.180. The molecule has 11 rings (SSSR count). The van der Waals surface area contributed by atoms with Crippen LogP contribution in [0, 0.1) is 0 Å². The maximum absolute atomic E-state index is 6.63. The third-order valence-corrected chi connectivity index (χ3v) is 10.3. The van der Waals surface area contributed by atoms with Crippen molar-refractivity contribution in [2.75, 3.05) is 0 Å². The van der Waals surface area contributed by atoms with Crippen molar-refractivity contribution >= 4 is 54.6 Å². The first-order valence-corrected chi connectivity index (χ1v) is 18.0. The number of aromatic nitrogens is 3. The van der Waals surface area contributed by atoms with Crippen molar-refractivity contribution < 1.29 is 8.83 Å². The van der Waals surface area contributed by atoms with Gasteiger partial charge in [0.25, 0.3) is 0 Å². The molecule has 5 heteroatoms. The molecule has 5 nitrogen and oxygen atoms in total. The van der Waals surface area contributed by atoms with Gasteiger partial charge in [0.15, 0.2) is 17.5 Å². The molecule has 0 N–H and O–H groups in total. The van der Waals surface area contributed by atoms with Crippen LogP contribution in [0.5, 0.6) is 0 Å². The van der Waals surface area contributed by atoms with Crippen LogP contribution in [0.1, 0.15) is 0 Å². The van der Waals surface area contributed by atoms with E-state index in [0.717, 1.165) is 93.6 Å². The summed E-state index contributed by atoms with van der Waals surface area (Å²) in [4.78, 5) is 15.7. The molecule has 0 aliphatic rings. The van der Waals surface area contributed by atoms with Crippen LogP contribution in [0.4, 0.5) is 0 Å². The van der Waals surface area contributed by atoms with Crippen LogP contribution in [-0.2, 0) is 0 Å². The van der Waals surface area contributed by atoms with Crippen LogP contribution < -0.4 is 0 Å². The number of fused-ring (bicyclic) bond motifs is 7. The Morgan fingerprint density at radius 2 is 0.870 bits per heavy atom. The highest BCUT2D eigenvalue weighted by Gasteiger charge is 2.22. The van der Waals surface area contributed by atoms with E-state index in [1.165, 1.54) is 0 Å².